The molecule has 1 N–H and O–H groups in total. The third-order valence-corrected chi connectivity index (χ3v) is 2.81. The van der Waals surface area contributed by atoms with Crippen LogP contribution in [0.1, 0.15) is 19.5 Å². The van der Waals surface area contributed by atoms with Gasteiger partial charge in [0.05, 0.1) is 5.69 Å². The van der Waals surface area contributed by atoms with Crippen molar-refractivity contribution in [3.05, 3.63) is 24.0 Å². The van der Waals surface area contributed by atoms with Crippen LogP contribution in [-0.2, 0) is 6.54 Å². The first kappa shape index (κ1) is 14.9. The molecule has 0 amide bonds. The van der Waals surface area contributed by atoms with E-state index >= 15 is 0 Å². The predicted octanol–water partition coefficient (Wildman–Crippen LogP) is 1.58. The van der Waals surface area contributed by atoms with Gasteiger partial charge < -0.3 is 15.1 Å². The molecule has 102 valence electrons. The average molecular weight is 250 g/mol. The predicted molar refractivity (Wildman–Crippen MR) is 78.0 cm³/mol. The summed E-state index contributed by atoms with van der Waals surface area (Å²) in [6.45, 7) is 7.19. The van der Waals surface area contributed by atoms with Gasteiger partial charge in [-0.15, -0.1) is 0 Å². The first-order chi connectivity index (χ1) is 8.49. The summed E-state index contributed by atoms with van der Waals surface area (Å²) in [7, 11) is 6.31. The average Bonchev–Trinajstić information content (AvgIpc) is 2.33. The Morgan fingerprint density at radius 2 is 1.94 bits per heavy atom. The van der Waals surface area contributed by atoms with Gasteiger partial charge in [0.25, 0.3) is 0 Å². The number of nitrogens with zero attached hydrogens (tertiary/aromatic N) is 3. The molecule has 0 aliphatic rings. The molecule has 0 aliphatic carbocycles. The fourth-order valence-electron chi connectivity index (χ4n) is 1.59. The van der Waals surface area contributed by atoms with Crippen LogP contribution in [0.3, 0.4) is 0 Å². The molecule has 0 radical (unpaired) electrons. The molecule has 4 nitrogen and oxygen atoms in total. The first-order valence-corrected chi connectivity index (χ1v) is 6.53. The molecule has 0 bridgehead atoms. The zero-order chi connectivity index (χ0) is 13.5. The number of aromatic nitrogens is 1. The van der Waals surface area contributed by atoms with Gasteiger partial charge in [-0.3, -0.25) is 4.98 Å². The van der Waals surface area contributed by atoms with Gasteiger partial charge in [-0.05, 0) is 26.2 Å². The van der Waals surface area contributed by atoms with E-state index in [0.717, 1.165) is 25.3 Å². The van der Waals surface area contributed by atoms with Crippen molar-refractivity contribution in [2.75, 3.05) is 39.1 Å². The maximum Gasteiger partial charge on any atom is 0.0562 e. The fourth-order valence-corrected chi connectivity index (χ4v) is 1.59. The molecule has 0 saturated carbocycles. The Bertz CT molecular complexity index is 349. The zero-order valence-electron chi connectivity index (χ0n) is 12.3. The van der Waals surface area contributed by atoms with Crippen molar-refractivity contribution in [1.29, 1.82) is 0 Å². The maximum atomic E-state index is 4.39. The molecule has 0 atom stereocenters. The Balaban J connectivity index is 2.57. The minimum absolute atomic E-state index is 0.488. The van der Waals surface area contributed by atoms with E-state index in [1.807, 2.05) is 6.20 Å². The van der Waals surface area contributed by atoms with Crippen LogP contribution in [0.4, 0.5) is 5.69 Å². The fraction of sp³-hybridized carbons (Fsp3) is 0.643. The van der Waals surface area contributed by atoms with Crippen LogP contribution >= 0.6 is 0 Å². The second kappa shape index (κ2) is 7.34. The van der Waals surface area contributed by atoms with Gasteiger partial charge in [-0.25, -0.2) is 0 Å². The van der Waals surface area contributed by atoms with E-state index in [1.165, 1.54) is 5.69 Å². The Morgan fingerprint density at radius 1 is 1.22 bits per heavy atom. The second-order valence-electron chi connectivity index (χ2n) is 5.27. The highest BCUT2D eigenvalue weighted by Gasteiger charge is 2.03. The van der Waals surface area contributed by atoms with Crippen molar-refractivity contribution >= 4 is 5.69 Å². The van der Waals surface area contributed by atoms with Crippen LogP contribution in [0, 0.1) is 0 Å². The maximum absolute atomic E-state index is 4.39. The summed E-state index contributed by atoms with van der Waals surface area (Å²) >= 11 is 0. The molecular weight excluding hydrogens is 224 g/mol. The molecule has 1 aromatic heterocycles. The minimum Gasteiger partial charge on any atom is -0.373 e. The van der Waals surface area contributed by atoms with E-state index in [4.69, 9.17) is 0 Å². The summed E-state index contributed by atoms with van der Waals surface area (Å²) in [5.74, 6) is 0. The highest BCUT2D eigenvalue weighted by Crippen LogP contribution is 2.12. The van der Waals surface area contributed by atoms with E-state index in [1.54, 1.807) is 0 Å². The zero-order valence-corrected chi connectivity index (χ0v) is 12.3. The van der Waals surface area contributed by atoms with Crippen LogP contribution < -0.4 is 10.2 Å². The number of rotatable bonds is 7. The SMILES string of the molecule is CC(C)NCc1cc(N(C)CCN(C)C)ccn1. The summed E-state index contributed by atoms with van der Waals surface area (Å²) < 4.78 is 0. The van der Waals surface area contributed by atoms with Crippen molar-refractivity contribution in [3.63, 3.8) is 0 Å². The monoisotopic (exact) mass is 250 g/mol. The van der Waals surface area contributed by atoms with Crippen molar-refractivity contribution in [3.8, 4) is 0 Å². The second-order valence-corrected chi connectivity index (χ2v) is 5.27. The first-order valence-electron chi connectivity index (χ1n) is 6.53. The number of nitrogens with one attached hydrogen (secondary N) is 1. The molecule has 0 unspecified atom stereocenters. The number of anilines is 1. The number of hydrogen-bond acceptors (Lipinski definition) is 4. The van der Waals surface area contributed by atoms with Crippen molar-refractivity contribution in [2.24, 2.45) is 0 Å². The standard InChI is InChI=1S/C14H26N4/c1-12(2)16-11-13-10-14(6-7-15-13)18(5)9-8-17(3)4/h6-7,10,12,16H,8-9,11H2,1-5H3. The topological polar surface area (TPSA) is 31.4 Å². The van der Waals surface area contributed by atoms with E-state index in [2.05, 4.69) is 67.2 Å². The highest BCUT2D eigenvalue weighted by atomic mass is 15.2. The number of likely N-dealkylation sites (N-methyl/N-ethyl adjacent to an activating group) is 2. The number of pyridine rings is 1. The molecule has 1 heterocycles. The lowest BCUT2D eigenvalue weighted by atomic mass is 10.2. The van der Waals surface area contributed by atoms with Crippen molar-refractivity contribution in [1.82, 2.24) is 15.2 Å². The lowest BCUT2D eigenvalue weighted by Gasteiger charge is -2.22. The molecule has 4 heteroatoms. The Hall–Kier alpha value is -1.13. The Kier molecular flexibility index (Phi) is 6.09. The molecule has 0 aromatic carbocycles. The minimum atomic E-state index is 0.488. The third kappa shape index (κ3) is 5.47. The van der Waals surface area contributed by atoms with E-state index < -0.39 is 0 Å². The van der Waals surface area contributed by atoms with Crippen LogP contribution in [0.15, 0.2) is 18.3 Å². The molecule has 0 fully saturated rings. The normalized spacial score (nSPS) is 11.3. The molecule has 0 spiro atoms. The third-order valence-electron chi connectivity index (χ3n) is 2.81. The van der Waals surface area contributed by atoms with Gasteiger partial charge in [0.1, 0.15) is 0 Å². The van der Waals surface area contributed by atoms with Gasteiger partial charge in [0.15, 0.2) is 0 Å². The van der Waals surface area contributed by atoms with E-state index in [0.29, 0.717) is 6.04 Å². The molecule has 18 heavy (non-hydrogen) atoms. The van der Waals surface area contributed by atoms with Gasteiger partial charge in [-0.1, -0.05) is 13.8 Å². The summed E-state index contributed by atoms with van der Waals surface area (Å²) in [6.07, 6.45) is 1.89. The molecular formula is C14H26N4. The van der Waals surface area contributed by atoms with Gasteiger partial charge in [-0.2, -0.15) is 0 Å². The quantitative estimate of drug-likeness (QED) is 0.796. The Morgan fingerprint density at radius 3 is 2.56 bits per heavy atom. The van der Waals surface area contributed by atoms with Crippen LogP contribution in [0.25, 0.3) is 0 Å². The lowest BCUT2D eigenvalue weighted by Crippen LogP contribution is -2.28. The highest BCUT2D eigenvalue weighted by molar-refractivity contribution is 5.45. The van der Waals surface area contributed by atoms with Gasteiger partial charge in [0.2, 0.25) is 0 Å². The summed E-state index contributed by atoms with van der Waals surface area (Å²) in [4.78, 5) is 8.85. The lowest BCUT2D eigenvalue weighted by molar-refractivity contribution is 0.416. The molecule has 0 saturated heterocycles. The summed E-state index contributed by atoms with van der Waals surface area (Å²) in [5.41, 5.74) is 2.32. The van der Waals surface area contributed by atoms with Gasteiger partial charge >= 0.3 is 0 Å². The molecule has 1 aromatic rings. The van der Waals surface area contributed by atoms with Crippen LogP contribution in [0.5, 0.6) is 0 Å². The number of hydrogen-bond donors (Lipinski definition) is 1. The van der Waals surface area contributed by atoms with Crippen LogP contribution in [0.2, 0.25) is 0 Å². The molecule has 1 rings (SSSR count). The smallest absolute Gasteiger partial charge is 0.0562 e. The largest absolute Gasteiger partial charge is 0.373 e. The van der Waals surface area contributed by atoms with E-state index in [9.17, 15) is 0 Å². The van der Waals surface area contributed by atoms with Crippen molar-refractivity contribution < 1.29 is 0 Å². The summed E-state index contributed by atoms with van der Waals surface area (Å²) in [5, 5.41) is 3.39. The van der Waals surface area contributed by atoms with Crippen molar-refractivity contribution in [2.45, 2.75) is 26.4 Å². The summed E-state index contributed by atoms with van der Waals surface area (Å²) in [6, 6.07) is 4.71. The van der Waals surface area contributed by atoms with E-state index in [-0.39, 0.29) is 0 Å². The molecule has 0 aliphatic heterocycles. The van der Waals surface area contributed by atoms with Crippen LogP contribution in [-0.4, -0.2) is 50.2 Å². The van der Waals surface area contributed by atoms with Gasteiger partial charge in [0, 0.05) is 44.6 Å². The Labute approximate surface area is 111 Å².